The molecule has 114 valence electrons. The lowest BCUT2D eigenvalue weighted by atomic mass is 10.1. The predicted octanol–water partition coefficient (Wildman–Crippen LogP) is 3.06. The van der Waals surface area contributed by atoms with Gasteiger partial charge in [0.25, 0.3) is 0 Å². The fourth-order valence-corrected chi connectivity index (χ4v) is 3.60. The molecule has 2 rings (SSSR count). The summed E-state index contributed by atoms with van der Waals surface area (Å²) in [6.45, 7) is 3.89. The van der Waals surface area contributed by atoms with Crippen molar-refractivity contribution in [3.05, 3.63) is 45.8 Å². The van der Waals surface area contributed by atoms with Crippen molar-refractivity contribution in [1.82, 2.24) is 4.31 Å². The molecule has 0 amide bonds. The van der Waals surface area contributed by atoms with E-state index in [1.807, 2.05) is 13.8 Å². The molecule has 0 aliphatic rings. The fourth-order valence-electron chi connectivity index (χ4n) is 1.94. The van der Waals surface area contributed by atoms with Crippen LogP contribution >= 0.6 is 15.9 Å². The molecule has 0 aliphatic heterocycles. The Kier molecular flexibility index (Phi) is 4.46. The summed E-state index contributed by atoms with van der Waals surface area (Å²) in [6, 6.07) is 6.73. The molecule has 0 saturated heterocycles. The number of halogens is 1. The van der Waals surface area contributed by atoms with Gasteiger partial charge >= 0.3 is 0 Å². The van der Waals surface area contributed by atoms with Crippen LogP contribution in [0.3, 0.4) is 0 Å². The molecule has 0 fully saturated rings. The maximum atomic E-state index is 12.6. The molecule has 21 heavy (non-hydrogen) atoms. The molecule has 0 radical (unpaired) electrons. The topological polar surface area (TPSA) is 76.5 Å². The van der Waals surface area contributed by atoms with E-state index in [4.69, 9.17) is 10.2 Å². The van der Waals surface area contributed by atoms with Crippen LogP contribution in [0.5, 0.6) is 0 Å². The number of hydrogen-bond donors (Lipinski definition) is 1. The number of aryl methyl sites for hydroxylation is 2. The van der Waals surface area contributed by atoms with Gasteiger partial charge in [-0.05, 0) is 65.2 Å². The van der Waals surface area contributed by atoms with Crippen LogP contribution in [-0.2, 0) is 16.6 Å². The first-order chi connectivity index (χ1) is 9.71. The molecule has 5 nitrogen and oxygen atoms in total. The molecule has 0 unspecified atom stereocenters. The summed E-state index contributed by atoms with van der Waals surface area (Å²) in [5.74, 6) is 0.551. The maximum absolute atomic E-state index is 12.6. The first-order valence-electron chi connectivity index (χ1n) is 6.29. The van der Waals surface area contributed by atoms with E-state index in [0.717, 1.165) is 11.1 Å². The van der Waals surface area contributed by atoms with Gasteiger partial charge in [-0.1, -0.05) is 0 Å². The molecule has 0 bridgehead atoms. The zero-order chi connectivity index (χ0) is 15.8. The minimum Gasteiger partial charge on any atom is -0.453 e. The van der Waals surface area contributed by atoms with Gasteiger partial charge in [0.2, 0.25) is 10.0 Å². The van der Waals surface area contributed by atoms with Crippen LogP contribution in [0.2, 0.25) is 0 Å². The van der Waals surface area contributed by atoms with Crippen molar-refractivity contribution in [1.29, 1.82) is 0 Å². The Morgan fingerprint density at radius 2 is 1.86 bits per heavy atom. The van der Waals surface area contributed by atoms with Crippen molar-refractivity contribution in [2.24, 2.45) is 0 Å². The van der Waals surface area contributed by atoms with Crippen molar-refractivity contribution in [2.75, 3.05) is 12.8 Å². The lowest BCUT2D eigenvalue weighted by molar-refractivity contribution is 0.399. The number of hydrogen-bond acceptors (Lipinski definition) is 4. The predicted molar refractivity (Wildman–Crippen MR) is 85.4 cm³/mol. The highest BCUT2D eigenvalue weighted by molar-refractivity contribution is 9.10. The molecule has 1 aromatic heterocycles. The van der Waals surface area contributed by atoms with E-state index in [-0.39, 0.29) is 17.1 Å². The molecule has 0 atom stereocenters. The number of benzene rings is 1. The third-order valence-corrected chi connectivity index (χ3v) is 5.61. The highest BCUT2D eigenvalue weighted by atomic mass is 79.9. The van der Waals surface area contributed by atoms with Crippen LogP contribution in [0.15, 0.2) is 38.2 Å². The van der Waals surface area contributed by atoms with E-state index in [1.165, 1.54) is 11.4 Å². The van der Waals surface area contributed by atoms with E-state index in [1.54, 1.807) is 24.3 Å². The van der Waals surface area contributed by atoms with Gasteiger partial charge in [-0.3, -0.25) is 0 Å². The molecule has 2 N–H and O–H groups in total. The average Bonchev–Trinajstić information content (AvgIpc) is 2.79. The Balaban J connectivity index is 2.35. The van der Waals surface area contributed by atoms with Crippen LogP contribution in [-0.4, -0.2) is 19.8 Å². The van der Waals surface area contributed by atoms with Gasteiger partial charge in [0, 0.05) is 7.05 Å². The minimum atomic E-state index is -3.66. The number of anilines is 1. The second-order valence-electron chi connectivity index (χ2n) is 4.94. The minimum absolute atomic E-state index is 0.124. The van der Waals surface area contributed by atoms with Crippen molar-refractivity contribution >= 4 is 31.6 Å². The number of sulfonamides is 1. The summed E-state index contributed by atoms with van der Waals surface area (Å²) in [6.07, 6.45) is 0. The summed E-state index contributed by atoms with van der Waals surface area (Å²) >= 11 is 3.19. The van der Waals surface area contributed by atoms with E-state index >= 15 is 0 Å². The van der Waals surface area contributed by atoms with Gasteiger partial charge in [-0.2, -0.15) is 4.31 Å². The van der Waals surface area contributed by atoms with Crippen molar-refractivity contribution < 1.29 is 12.8 Å². The summed E-state index contributed by atoms with van der Waals surface area (Å²) in [4.78, 5) is 0.124. The second-order valence-corrected chi connectivity index (χ2v) is 7.74. The number of nitrogens with two attached hydrogens (primary N) is 1. The Bertz CT molecular complexity index is 769. The lowest BCUT2D eigenvalue weighted by Gasteiger charge is -2.18. The largest absolute Gasteiger partial charge is 0.453 e. The van der Waals surface area contributed by atoms with Crippen LogP contribution in [0.25, 0.3) is 0 Å². The third kappa shape index (κ3) is 3.30. The van der Waals surface area contributed by atoms with Crippen LogP contribution in [0.1, 0.15) is 16.9 Å². The first kappa shape index (κ1) is 16.1. The van der Waals surface area contributed by atoms with Gasteiger partial charge in [0.15, 0.2) is 4.67 Å². The SMILES string of the molecule is Cc1cc(N)c(S(=O)(=O)N(C)Cc2ccc(Br)o2)cc1C. The molecular weight excluding hydrogens is 356 g/mol. The van der Waals surface area contributed by atoms with Gasteiger partial charge in [-0.25, -0.2) is 8.42 Å². The lowest BCUT2D eigenvalue weighted by Crippen LogP contribution is -2.27. The summed E-state index contributed by atoms with van der Waals surface area (Å²) < 4.78 is 32.4. The van der Waals surface area contributed by atoms with Crippen molar-refractivity contribution in [2.45, 2.75) is 25.3 Å². The molecule has 1 aromatic carbocycles. The van der Waals surface area contributed by atoms with E-state index < -0.39 is 10.0 Å². The van der Waals surface area contributed by atoms with E-state index in [0.29, 0.717) is 10.4 Å². The van der Waals surface area contributed by atoms with Gasteiger partial charge in [0.05, 0.1) is 12.2 Å². The first-order valence-corrected chi connectivity index (χ1v) is 8.52. The molecule has 1 heterocycles. The normalized spacial score (nSPS) is 12.0. The second kappa shape index (κ2) is 5.82. The molecule has 7 heteroatoms. The molecule has 0 saturated carbocycles. The highest BCUT2D eigenvalue weighted by Crippen LogP contribution is 2.26. The number of nitrogens with zero attached hydrogens (tertiary/aromatic N) is 1. The Morgan fingerprint density at radius 3 is 2.43 bits per heavy atom. The summed E-state index contributed by atoms with van der Waals surface area (Å²) in [5, 5.41) is 0. The zero-order valence-electron chi connectivity index (χ0n) is 12.1. The van der Waals surface area contributed by atoms with Crippen molar-refractivity contribution in [3.63, 3.8) is 0 Å². The van der Waals surface area contributed by atoms with E-state index in [2.05, 4.69) is 15.9 Å². The van der Waals surface area contributed by atoms with Gasteiger partial charge in [-0.15, -0.1) is 0 Å². The molecule has 0 aliphatic carbocycles. The van der Waals surface area contributed by atoms with Crippen LogP contribution in [0, 0.1) is 13.8 Å². The standard InChI is InChI=1S/C14H17BrN2O3S/c1-9-6-12(16)13(7-10(9)2)21(18,19)17(3)8-11-4-5-14(15)20-11/h4-7H,8,16H2,1-3H3. The molecule has 2 aromatic rings. The smallest absolute Gasteiger partial charge is 0.245 e. The van der Waals surface area contributed by atoms with Crippen molar-refractivity contribution in [3.8, 4) is 0 Å². The Morgan fingerprint density at radius 1 is 1.24 bits per heavy atom. The highest BCUT2D eigenvalue weighted by Gasteiger charge is 2.25. The Hall–Kier alpha value is -1.31. The summed E-state index contributed by atoms with van der Waals surface area (Å²) in [7, 11) is -2.16. The van der Waals surface area contributed by atoms with Crippen LogP contribution < -0.4 is 5.73 Å². The van der Waals surface area contributed by atoms with Gasteiger partial charge in [0.1, 0.15) is 10.7 Å². The number of nitrogen functional groups attached to an aromatic ring is 1. The fraction of sp³-hybridized carbons (Fsp3) is 0.286. The quantitative estimate of drug-likeness (QED) is 0.836. The van der Waals surface area contributed by atoms with Gasteiger partial charge < -0.3 is 10.2 Å². The van der Waals surface area contributed by atoms with E-state index in [9.17, 15) is 8.42 Å². The number of furan rings is 1. The Labute approximate surface area is 132 Å². The monoisotopic (exact) mass is 372 g/mol. The van der Waals surface area contributed by atoms with Crippen LogP contribution in [0.4, 0.5) is 5.69 Å². The third-order valence-electron chi connectivity index (χ3n) is 3.32. The summed E-state index contributed by atoms with van der Waals surface area (Å²) in [5.41, 5.74) is 7.98. The molecule has 0 spiro atoms. The maximum Gasteiger partial charge on any atom is 0.245 e. The average molecular weight is 373 g/mol. The molecular formula is C14H17BrN2O3S. The zero-order valence-corrected chi connectivity index (χ0v) is 14.5. The number of rotatable bonds is 4.